The lowest BCUT2D eigenvalue weighted by Crippen LogP contribution is -2.23. The number of benzene rings is 1. The molecule has 2 aromatic heterocycles. The molecule has 0 fully saturated rings. The Morgan fingerprint density at radius 1 is 1.20 bits per heavy atom. The van der Waals surface area contributed by atoms with Crippen molar-refractivity contribution in [3.8, 4) is 11.8 Å². The Bertz CT molecular complexity index is 907. The van der Waals surface area contributed by atoms with Gasteiger partial charge in [-0.1, -0.05) is 12.1 Å². The number of carboxylic acids is 1. The molecule has 25 heavy (non-hydrogen) atoms. The number of aromatic nitrogens is 4. The number of hydrogen-bond donors (Lipinski definition) is 3. The van der Waals surface area contributed by atoms with E-state index in [2.05, 4.69) is 20.4 Å². The average molecular weight is 339 g/mol. The van der Waals surface area contributed by atoms with Crippen LogP contribution in [0.4, 0.5) is 0 Å². The minimum absolute atomic E-state index is 0.0712. The van der Waals surface area contributed by atoms with Crippen LogP contribution in [0.3, 0.4) is 0 Å². The number of carbonyl (C=O) groups excluding carboxylic acids is 1. The smallest absolute Gasteiger partial charge is 0.335 e. The Hall–Kier alpha value is -3.75. The van der Waals surface area contributed by atoms with Gasteiger partial charge in [-0.2, -0.15) is 10.1 Å². The Morgan fingerprint density at radius 2 is 1.96 bits per heavy atom. The first kappa shape index (κ1) is 16.1. The van der Waals surface area contributed by atoms with Crippen LogP contribution in [-0.2, 0) is 6.54 Å². The first-order valence-electron chi connectivity index (χ1n) is 7.21. The van der Waals surface area contributed by atoms with Gasteiger partial charge in [-0.3, -0.25) is 4.79 Å². The van der Waals surface area contributed by atoms with Gasteiger partial charge in [0.05, 0.1) is 5.56 Å². The van der Waals surface area contributed by atoms with E-state index in [0.717, 1.165) is 0 Å². The molecule has 0 aliphatic heterocycles. The third kappa shape index (κ3) is 3.61. The SMILES string of the molecule is O=C(O)c1ccc(CNC(=O)c2cnc(-n3cccn3)nc2O)cc1. The van der Waals surface area contributed by atoms with E-state index in [-0.39, 0.29) is 23.6 Å². The summed E-state index contributed by atoms with van der Waals surface area (Å²) in [5.41, 5.74) is 0.806. The Balaban J connectivity index is 1.68. The van der Waals surface area contributed by atoms with Crippen LogP contribution in [0.1, 0.15) is 26.3 Å². The van der Waals surface area contributed by atoms with Crippen molar-refractivity contribution in [1.82, 2.24) is 25.1 Å². The number of nitrogens with one attached hydrogen (secondary N) is 1. The topological polar surface area (TPSA) is 130 Å². The van der Waals surface area contributed by atoms with E-state index in [1.807, 2.05) is 0 Å². The van der Waals surface area contributed by atoms with Gasteiger partial charge in [0.1, 0.15) is 5.56 Å². The molecule has 1 amide bonds. The van der Waals surface area contributed by atoms with Gasteiger partial charge in [-0.15, -0.1) is 0 Å². The van der Waals surface area contributed by atoms with E-state index < -0.39 is 17.8 Å². The van der Waals surface area contributed by atoms with Crippen LogP contribution in [0.15, 0.2) is 48.9 Å². The molecule has 3 N–H and O–H groups in total. The van der Waals surface area contributed by atoms with Gasteiger partial charge >= 0.3 is 5.97 Å². The van der Waals surface area contributed by atoms with Gasteiger partial charge in [-0.05, 0) is 23.8 Å². The predicted molar refractivity (Wildman–Crippen MR) is 85.4 cm³/mol. The zero-order valence-electron chi connectivity index (χ0n) is 12.8. The highest BCUT2D eigenvalue weighted by molar-refractivity contribution is 5.96. The number of carbonyl (C=O) groups is 2. The van der Waals surface area contributed by atoms with Crippen LogP contribution in [0.25, 0.3) is 5.95 Å². The first-order chi connectivity index (χ1) is 12.0. The summed E-state index contributed by atoms with van der Waals surface area (Å²) in [5, 5.41) is 25.3. The number of nitrogens with zero attached hydrogens (tertiary/aromatic N) is 4. The number of hydrogen-bond acceptors (Lipinski definition) is 6. The molecule has 0 radical (unpaired) electrons. The lowest BCUT2D eigenvalue weighted by atomic mass is 10.1. The van der Waals surface area contributed by atoms with Gasteiger partial charge in [-0.25, -0.2) is 14.5 Å². The van der Waals surface area contributed by atoms with E-state index in [9.17, 15) is 14.7 Å². The van der Waals surface area contributed by atoms with Crippen LogP contribution in [0, 0.1) is 0 Å². The van der Waals surface area contributed by atoms with E-state index in [4.69, 9.17) is 5.11 Å². The number of carboxylic acid groups (broad SMARTS) is 1. The second-order valence-electron chi connectivity index (χ2n) is 5.04. The van der Waals surface area contributed by atoms with Gasteiger partial charge in [0.2, 0.25) is 5.88 Å². The molecule has 3 aromatic rings. The molecule has 0 aliphatic carbocycles. The van der Waals surface area contributed by atoms with Crippen molar-refractivity contribution < 1.29 is 19.8 Å². The highest BCUT2D eigenvalue weighted by Gasteiger charge is 2.15. The highest BCUT2D eigenvalue weighted by Crippen LogP contribution is 2.14. The average Bonchev–Trinajstić information content (AvgIpc) is 3.14. The molecule has 0 aliphatic rings. The van der Waals surface area contributed by atoms with Crippen molar-refractivity contribution in [2.45, 2.75) is 6.54 Å². The molecular formula is C16H13N5O4. The van der Waals surface area contributed by atoms with Gasteiger partial charge in [0.25, 0.3) is 11.9 Å². The van der Waals surface area contributed by atoms with E-state index in [1.54, 1.807) is 24.4 Å². The summed E-state index contributed by atoms with van der Waals surface area (Å²) in [5.74, 6) is -1.88. The molecular weight excluding hydrogens is 326 g/mol. The minimum Gasteiger partial charge on any atom is -0.493 e. The molecule has 0 unspecified atom stereocenters. The fourth-order valence-electron chi connectivity index (χ4n) is 2.06. The number of aromatic hydroxyl groups is 1. The van der Waals surface area contributed by atoms with Gasteiger partial charge in [0.15, 0.2) is 0 Å². The van der Waals surface area contributed by atoms with E-state index in [0.29, 0.717) is 5.56 Å². The third-order valence-electron chi connectivity index (χ3n) is 3.36. The maximum absolute atomic E-state index is 12.1. The second kappa shape index (κ2) is 6.79. The van der Waals surface area contributed by atoms with Crippen molar-refractivity contribution >= 4 is 11.9 Å². The quantitative estimate of drug-likeness (QED) is 0.632. The third-order valence-corrected chi connectivity index (χ3v) is 3.36. The molecule has 9 nitrogen and oxygen atoms in total. The first-order valence-corrected chi connectivity index (χ1v) is 7.21. The van der Waals surface area contributed by atoms with Gasteiger partial charge in [0, 0.05) is 25.1 Å². The number of rotatable bonds is 5. The second-order valence-corrected chi connectivity index (χ2v) is 5.04. The fourth-order valence-corrected chi connectivity index (χ4v) is 2.06. The number of aromatic carboxylic acids is 1. The fraction of sp³-hybridized carbons (Fsp3) is 0.0625. The Morgan fingerprint density at radius 3 is 2.56 bits per heavy atom. The lowest BCUT2D eigenvalue weighted by molar-refractivity contribution is 0.0696. The summed E-state index contributed by atoms with van der Waals surface area (Å²) >= 11 is 0. The zero-order valence-corrected chi connectivity index (χ0v) is 12.8. The summed E-state index contributed by atoms with van der Waals surface area (Å²) in [6.45, 7) is 0.166. The summed E-state index contributed by atoms with van der Waals surface area (Å²) in [4.78, 5) is 30.8. The molecule has 9 heteroatoms. The summed E-state index contributed by atoms with van der Waals surface area (Å²) in [7, 11) is 0. The Kier molecular flexibility index (Phi) is 4.38. The molecule has 0 bridgehead atoms. The van der Waals surface area contributed by atoms with Crippen molar-refractivity contribution in [3.05, 3.63) is 65.6 Å². The molecule has 2 heterocycles. The molecule has 0 atom stereocenters. The largest absolute Gasteiger partial charge is 0.493 e. The van der Waals surface area contributed by atoms with Crippen molar-refractivity contribution in [1.29, 1.82) is 0 Å². The van der Waals surface area contributed by atoms with E-state index in [1.165, 1.54) is 29.2 Å². The summed E-state index contributed by atoms with van der Waals surface area (Å²) in [6.07, 6.45) is 4.36. The minimum atomic E-state index is -1.02. The monoisotopic (exact) mass is 339 g/mol. The molecule has 0 saturated heterocycles. The zero-order chi connectivity index (χ0) is 17.8. The summed E-state index contributed by atoms with van der Waals surface area (Å²) < 4.78 is 1.35. The lowest BCUT2D eigenvalue weighted by Gasteiger charge is -2.07. The normalized spacial score (nSPS) is 10.4. The van der Waals surface area contributed by atoms with Crippen molar-refractivity contribution in [3.63, 3.8) is 0 Å². The predicted octanol–water partition coefficient (Wildman–Crippen LogP) is 0.996. The van der Waals surface area contributed by atoms with Crippen LogP contribution in [0.5, 0.6) is 5.88 Å². The molecule has 1 aromatic carbocycles. The van der Waals surface area contributed by atoms with Crippen molar-refractivity contribution in [2.24, 2.45) is 0 Å². The van der Waals surface area contributed by atoms with Crippen LogP contribution in [0.2, 0.25) is 0 Å². The maximum Gasteiger partial charge on any atom is 0.335 e. The van der Waals surface area contributed by atoms with Crippen LogP contribution < -0.4 is 5.32 Å². The molecule has 126 valence electrons. The highest BCUT2D eigenvalue weighted by atomic mass is 16.4. The maximum atomic E-state index is 12.1. The Labute approximate surface area is 141 Å². The van der Waals surface area contributed by atoms with Gasteiger partial charge < -0.3 is 15.5 Å². The van der Waals surface area contributed by atoms with Crippen molar-refractivity contribution in [2.75, 3.05) is 0 Å². The molecule has 0 saturated carbocycles. The van der Waals surface area contributed by atoms with E-state index >= 15 is 0 Å². The summed E-state index contributed by atoms with van der Waals surface area (Å²) in [6, 6.07) is 7.77. The standard InChI is InChI=1S/C16H13N5O4/c22-13(17-8-10-2-4-11(5-3-10)15(24)25)12-9-18-16(20-14(12)23)21-7-1-6-19-21/h1-7,9H,8H2,(H,17,22)(H,24,25)(H,18,20,23). The molecule has 0 spiro atoms. The number of amides is 1. The molecule has 3 rings (SSSR count). The van der Waals surface area contributed by atoms with Crippen LogP contribution in [-0.4, -0.2) is 41.8 Å². The van der Waals surface area contributed by atoms with Crippen LogP contribution >= 0.6 is 0 Å².